The molecule has 0 aromatic carbocycles. The molecule has 5 heteroatoms. The predicted octanol–water partition coefficient (Wildman–Crippen LogP) is 3.03. The summed E-state index contributed by atoms with van der Waals surface area (Å²) >= 11 is 0. The summed E-state index contributed by atoms with van der Waals surface area (Å²) in [5.74, 6) is 0. The Kier molecular flexibility index (Phi) is 9.69. The van der Waals surface area contributed by atoms with Gasteiger partial charge < -0.3 is 22.3 Å². The van der Waals surface area contributed by atoms with Gasteiger partial charge in [-0.3, -0.25) is 0 Å². The summed E-state index contributed by atoms with van der Waals surface area (Å²) in [5, 5.41) is 11.1. The first-order valence-electron chi connectivity index (χ1n) is 6.93. The number of carboxylic acid groups (broad SMARTS) is 1. The normalized spacial score (nSPS) is 21.3. The van der Waals surface area contributed by atoms with Crippen LogP contribution in [-0.4, -0.2) is 23.3 Å². The molecule has 2 aliphatic rings. The zero-order valence-corrected chi connectivity index (χ0v) is 11.4. The molecule has 7 N–H and O–H groups in total. The van der Waals surface area contributed by atoms with Gasteiger partial charge in [0.25, 0.3) is 0 Å². The van der Waals surface area contributed by atoms with Crippen molar-refractivity contribution in [2.24, 2.45) is 5.73 Å². The van der Waals surface area contributed by atoms with Crippen molar-refractivity contribution in [1.82, 2.24) is 11.5 Å². The Morgan fingerprint density at radius 2 is 1.17 bits per heavy atom. The van der Waals surface area contributed by atoms with Crippen molar-refractivity contribution >= 4 is 6.09 Å². The third-order valence-electron chi connectivity index (χ3n) is 3.68. The molecule has 2 rings (SSSR count). The van der Waals surface area contributed by atoms with E-state index in [4.69, 9.17) is 9.90 Å². The summed E-state index contributed by atoms with van der Waals surface area (Å²) in [4.78, 5) is 8.78. The van der Waals surface area contributed by atoms with Crippen molar-refractivity contribution in [2.75, 3.05) is 0 Å². The third kappa shape index (κ3) is 8.31. The highest BCUT2D eigenvalue weighted by molar-refractivity contribution is 5.61. The molecule has 2 aliphatic carbocycles. The van der Waals surface area contributed by atoms with E-state index in [1.54, 1.807) is 0 Å². The van der Waals surface area contributed by atoms with E-state index in [2.05, 4.69) is 11.1 Å². The highest BCUT2D eigenvalue weighted by Crippen LogP contribution is 2.22. The van der Waals surface area contributed by atoms with Gasteiger partial charge in [-0.05, 0) is 25.7 Å². The first-order valence-corrected chi connectivity index (χ1v) is 6.93. The second-order valence-corrected chi connectivity index (χ2v) is 5.17. The minimum Gasteiger partial charge on any atom is -0.465 e. The van der Waals surface area contributed by atoms with Crippen LogP contribution in [0.2, 0.25) is 0 Å². The van der Waals surface area contributed by atoms with E-state index in [1.807, 2.05) is 0 Å². The van der Waals surface area contributed by atoms with Crippen LogP contribution < -0.4 is 17.2 Å². The van der Waals surface area contributed by atoms with E-state index in [1.165, 1.54) is 64.2 Å². The van der Waals surface area contributed by atoms with Gasteiger partial charge in [0.05, 0.1) is 0 Å². The Bertz CT molecular complexity index is 192. The van der Waals surface area contributed by atoms with Crippen LogP contribution in [0.15, 0.2) is 0 Å². The van der Waals surface area contributed by atoms with Crippen LogP contribution in [0, 0.1) is 0 Å². The number of nitrogens with two attached hydrogens (primary N) is 1. The van der Waals surface area contributed by atoms with Crippen LogP contribution in [0.5, 0.6) is 0 Å². The van der Waals surface area contributed by atoms with Crippen LogP contribution in [0.25, 0.3) is 0 Å². The predicted molar refractivity (Wildman–Crippen MR) is 74.1 cm³/mol. The fourth-order valence-electron chi connectivity index (χ4n) is 2.87. The number of nitrogens with one attached hydrogen (secondary N) is 1. The quantitative estimate of drug-likeness (QED) is 0.610. The molecule has 2 fully saturated rings. The van der Waals surface area contributed by atoms with Crippen LogP contribution >= 0.6 is 0 Å². The van der Waals surface area contributed by atoms with E-state index < -0.39 is 6.09 Å². The minimum atomic E-state index is -1.33. The molecule has 0 atom stereocenters. The van der Waals surface area contributed by atoms with Crippen molar-refractivity contribution in [2.45, 2.75) is 76.3 Å². The molecule has 0 aliphatic heterocycles. The molecule has 0 radical (unpaired) electrons. The zero-order valence-electron chi connectivity index (χ0n) is 11.4. The van der Waals surface area contributed by atoms with E-state index >= 15 is 0 Å². The molecule has 0 heterocycles. The van der Waals surface area contributed by atoms with E-state index in [0.717, 1.165) is 12.1 Å². The van der Waals surface area contributed by atoms with E-state index in [0.29, 0.717) is 0 Å². The molecule has 0 aromatic heterocycles. The maximum Gasteiger partial charge on any atom is 0.402 e. The largest absolute Gasteiger partial charge is 0.465 e. The maximum absolute atomic E-state index is 8.78. The van der Waals surface area contributed by atoms with Crippen molar-refractivity contribution < 1.29 is 9.90 Å². The Balaban J connectivity index is 0.000000512. The van der Waals surface area contributed by atoms with Gasteiger partial charge in [-0.25, -0.2) is 4.79 Å². The molecule has 0 unspecified atom stereocenters. The van der Waals surface area contributed by atoms with Gasteiger partial charge in [-0.15, -0.1) is 0 Å². The highest BCUT2D eigenvalue weighted by Gasteiger charge is 2.19. The molecule has 2 saturated carbocycles. The smallest absolute Gasteiger partial charge is 0.402 e. The van der Waals surface area contributed by atoms with Gasteiger partial charge in [-0.1, -0.05) is 38.5 Å². The molecule has 1 amide bonds. The van der Waals surface area contributed by atoms with E-state index in [9.17, 15) is 0 Å². The molecule has 5 nitrogen and oxygen atoms in total. The Hall–Kier alpha value is -0.810. The van der Waals surface area contributed by atoms with Crippen LogP contribution in [0.3, 0.4) is 0 Å². The Morgan fingerprint density at radius 1 is 0.889 bits per heavy atom. The fraction of sp³-hybridized carbons (Fsp3) is 0.923. The van der Waals surface area contributed by atoms with Gasteiger partial charge in [0, 0.05) is 12.1 Å². The maximum atomic E-state index is 8.78. The second kappa shape index (κ2) is 10.1. The summed E-state index contributed by atoms with van der Waals surface area (Å²) in [6.07, 6.45) is 13.2. The number of hydrogen-bond acceptors (Lipinski definition) is 3. The average molecular weight is 259 g/mol. The van der Waals surface area contributed by atoms with E-state index in [-0.39, 0.29) is 6.15 Å². The fourth-order valence-corrected chi connectivity index (χ4v) is 2.87. The van der Waals surface area contributed by atoms with Gasteiger partial charge in [0.1, 0.15) is 0 Å². The van der Waals surface area contributed by atoms with Gasteiger partial charge in [0.2, 0.25) is 0 Å². The molecule has 0 saturated heterocycles. The zero-order chi connectivity index (χ0) is 12.5. The molecule has 18 heavy (non-hydrogen) atoms. The van der Waals surface area contributed by atoms with Crippen molar-refractivity contribution in [3.63, 3.8) is 0 Å². The number of amides is 1. The standard InChI is InChI=1S/C12H23N.CH3NO2.H3N/c1-3-7-11(8-4-1)13-12-9-5-2-6-10-12;2-1(3)4;/h11-13H,1-10H2;2H2,(H,3,4);1H3. The molecule has 0 aromatic rings. The van der Waals surface area contributed by atoms with Crippen molar-refractivity contribution in [1.29, 1.82) is 0 Å². The topological polar surface area (TPSA) is 110 Å². The van der Waals surface area contributed by atoms with Gasteiger partial charge in [-0.2, -0.15) is 0 Å². The monoisotopic (exact) mass is 259 g/mol. The summed E-state index contributed by atoms with van der Waals surface area (Å²) in [5.41, 5.74) is 4.03. The SMILES string of the molecule is C1CCC(NC2CCCCC2)CC1.N.NC(=O)O. The lowest BCUT2D eigenvalue weighted by Crippen LogP contribution is -2.40. The molecular weight excluding hydrogens is 230 g/mol. The van der Waals surface area contributed by atoms with Crippen LogP contribution in [-0.2, 0) is 0 Å². The third-order valence-corrected chi connectivity index (χ3v) is 3.68. The Labute approximate surface area is 110 Å². The second-order valence-electron chi connectivity index (χ2n) is 5.17. The molecular formula is C13H29N3O2. The lowest BCUT2D eigenvalue weighted by atomic mass is 9.91. The lowest BCUT2D eigenvalue weighted by Gasteiger charge is -2.30. The lowest BCUT2D eigenvalue weighted by molar-refractivity contribution is 0.205. The average Bonchev–Trinajstić information content (AvgIpc) is 2.31. The molecule has 108 valence electrons. The molecule has 0 spiro atoms. The summed E-state index contributed by atoms with van der Waals surface area (Å²) < 4.78 is 0. The summed E-state index contributed by atoms with van der Waals surface area (Å²) in [6, 6.07) is 1.74. The first-order chi connectivity index (χ1) is 8.18. The summed E-state index contributed by atoms with van der Waals surface area (Å²) in [7, 11) is 0. The van der Waals surface area contributed by atoms with Crippen molar-refractivity contribution in [3.05, 3.63) is 0 Å². The number of carbonyl (C=O) groups is 1. The highest BCUT2D eigenvalue weighted by atomic mass is 16.4. The summed E-state index contributed by atoms with van der Waals surface area (Å²) in [6.45, 7) is 0. The number of rotatable bonds is 2. The van der Waals surface area contributed by atoms with Gasteiger partial charge >= 0.3 is 6.09 Å². The number of hydrogen-bond donors (Lipinski definition) is 4. The Morgan fingerprint density at radius 3 is 1.44 bits per heavy atom. The first kappa shape index (κ1) is 17.2. The van der Waals surface area contributed by atoms with Gasteiger partial charge in [0.15, 0.2) is 0 Å². The molecule has 0 bridgehead atoms. The van der Waals surface area contributed by atoms with Crippen LogP contribution in [0.4, 0.5) is 4.79 Å². The number of primary amides is 1. The van der Waals surface area contributed by atoms with Crippen molar-refractivity contribution in [3.8, 4) is 0 Å². The minimum absolute atomic E-state index is 0. The van der Waals surface area contributed by atoms with Crippen LogP contribution in [0.1, 0.15) is 64.2 Å².